The third kappa shape index (κ3) is 3.35. The Bertz CT molecular complexity index is 626. The summed E-state index contributed by atoms with van der Waals surface area (Å²) in [4.78, 5) is 11.6. The zero-order valence-electron chi connectivity index (χ0n) is 11.4. The van der Waals surface area contributed by atoms with Gasteiger partial charge in [-0.25, -0.2) is 9.18 Å². The largest absolute Gasteiger partial charge is 0.465 e. The average molecular weight is 273 g/mol. The fourth-order valence-electron chi connectivity index (χ4n) is 1.97. The number of benzene rings is 2. The second kappa shape index (κ2) is 6.19. The van der Waals surface area contributed by atoms with Crippen LogP contribution < -0.4 is 5.32 Å². The monoisotopic (exact) mass is 273 g/mol. The highest BCUT2D eigenvalue weighted by Gasteiger charge is 2.12. The van der Waals surface area contributed by atoms with Gasteiger partial charge in [0, 0.05) is 6.54 Å². The molecule has 4 heteroatoms. The molecule has 0 heterocycles. The minimum atomic E-state index is -0.489. The van der Waals surface area contributed by atoms with E-state index in [4.69, 9.17) is 0 Å². The Morgan fingerprint density at radius 3 is 2.75 bits per heavy atom. The van der Waals surface area contributed by atoms with Crippen LogP contribution in [0.5, 0.6) is 0 Å². The van der Waals surface area contributed by atoms with Crippen molar-refractivity contribution in [1.29, 1.82) is 0 Å². The van der Waals surface area contributed by atoms with Crippen LogP contribution in [0.15, 0.2) is 42.5 Å². The molecule has 0 aromatic heterocycles. The molecule has 0 saturated carbocycles. The van der Waals surface area contributed by atoms with Crippen molar-refractivity contribution in [3.8, 4) is 0 Å². The van der Waals surface area contributed by atoms with Gasteiger partial charge >= 0.3 is 5.97 Å². The lowest BCUT2D eigenvalue weighted by Crippen LogP contribution is -2.08. The summed E-state index contributed by atoms with van der Waals surface area (Å²) in [6.45, 7) is 2.51. The number of hydrogen-bond acceptors (Lipinski definition) is 3. The molecule has 2 aromatic rings. The van der Waals surface area contributed by atoms with Crippen LogP contribution in [0.1, 0.15) is 21.5 Å². The van der Waals surface area contributed by atoms with E-state index in [0.29, 0.717) is 17.8 Å². The number of hydrogen-bond donors (Lipinski definition) is 1. The van der Waals surface area contributed by atoms with E-state index < -0.39 is 11.8 Å². The molecule has 0 aliphatic carbocycles. The SMILES string of the molecule is COC(=O)c1ccc(F)cc1NCc1cccc(C)c1. The van der Waals surface area contributed by atoms with Crippen molar-refractivity contribution in [2.24, 2.45) is 0 Å². The highest BCUT2D eigenvalue weighted by Crippen LogP contribution is 2.19. The second-order valence-electron chi connectivity index (χ2n) is 4.52. The summed E-state index contributed by atoms with van der Waals surface area (Å²) in [5, 5.41) is 3.07. The van der Waals surface area contributed by atoms with Gasteiger partial charge in [-0.3, -0.25) is 0 Å². The first-order valence-electron chi connectivity index (χ1n) is 6.27. The molecule has 0 saturated heterocycles. The van der Waals surface area contributed by atoms with Gasteiger partial charge in [0.25, 0.3) is 0 Å². The van der Waals surface area contributed by atoms with Gasteiger partial charge in [0.1, 0.15) is 5.82 Å². The van der Waals surface area contributed by atoms with E-state index in [-0.39, 0.29) is 0 Å². The Morgan fingerprint density at radius 2 is 2.05 bits per heavy atom. The van der Waals surface area contributed by atoms with Gasteiger partial charge in [-0.05, 0) is 30.7 Å². The van der Waals surface area contributed by atoms with Crippen LogP contribution in [0.25, 0.3) is 0 Å². The molecule has 1 N–H and O–H groups in total. The molecule has 0 aliphatic rings. The smallest absolute Gasteiger partial charge is 0.339 e. The molecule has 0 radical (unpaired) electrons. The maximum Gasteiger partial charge on any atom is 0.339 e. The van der Waals surface area contributed by atoms with Crippen molar-refractivity contribution < 1.29 is 13.9 Å². The Hall–Kier alpha value is -2.36. The molecule has 104 valence electrons. The number of carbonyl (C=O) groups excluding carboxylic acids is 1. The number of methoxy groups -OCH3 is 1. The Balaban J connectivity index is 2.20. The van der Waals surface area contributed by atoms with Gasteiger partial charge in [-0.15, -0.1) is 0 Å². The average Bonchev–Trinajstić information content (AvgIpc) is 2.44. The van der Waals surface area contributed by atoms with Crippen molar-refractivity contribution in [3.63, 3.8) is 0 Å². The molecule has 0 atom stereocenters. The summed E-state index contributed by atoms with van der Waals surface area (Å²) in [5.41, 5.74) is 2.96. The first-order valence-corrected chi connectivity index (χ1v) is 6.27. The number of halogens is 1. The van der Waals surface area contributed by atoms with E-state index in [0.717, 1.165) is 11.1 Å². The maximum atomic E-state index is 13.3. The quantitative estimate of drug-likeness (QED) is 0.866. The molecule has 0 fully saturated rings. The molecule has 0 amide bonds. The number of carbonyl (C=O) groups is 1. The lowest BCUT2D eigenvalue weighted by Gasteiger charge is -2.11. The fraction of sp³-hybridized carbons (Fsp3) is 0.188. The van der Waals surface area contributed by atoms with Crippen molar-refractivity contribution >= 4 is 11.7 Å². The van der Waals surface area contributed by atoms with Crippen LogP contribution in [0.3, 0.4) is 0 Å². The summed E-state index contributed by atoms with van der Waals surface area (Å²) >= 11 is 0. The number of nitrogens with one attached hydrogen (secondary N) is 1. The van der Waals surface area contributed by atoms with Crippen molar-refractivity contribution in [2.45, 2.75) is 13.5 Å². The molecule has 3 nitrogen and oxygen atoms in total. The topological polar surface area (TPSA) is 38.3 Å². The van der Waals surface area contributed by atoms with E-state index in [2.05, 4.69) is 10.1 Å². The van der Waals surface area contributed by atoms with Crippen LogP contribution in [0.2, 0.25) is 0 Å². The van der Waals surface area contributed by atoms with Crippen LogP contribution in [0, 0.1) is 12.7 Å². The molecule has 0 unspecified atom stereocenters. The standard InChI is InChI=1S/C16H16FNO2/c1-11-4-3-5-12(8-11)10-18-15-9-13(17)6-7-14(15)16(19)20-2/h3-9,18H,10H2,1-2H3. The fourth-order valence-corrected chi connectivity index (χ4v) is 1.97. The molecular weight excluding hydrogens is 257 g/mol. The van der Waals surface area contributed by atoms with Crippen molar-refractivity contribution in [2.75, 3.05) is 12.4 Å². The van der Waals surface area contributed by atoms with E-state index in [1.54, 1.807) is 0 Å². The number of anilines is 1. The van der Waals surface area contributed by atoms with Gasteiger partial charge in [0.05, 0.1) is 18.4 Å². The normalized spacial score (nSPS) is 10.2. The van der Waals surface area contributed by atoms with E-state index in [9.17, 15) is 9.18 Å². The van der Waals surface area contributed by atoms with Gasteiger partial charge in [-0.2, -0.15) is 0 Å². The summed E-state index contributed by atoms with van der Waals surface area (Å²) in [7, 11) is 1.30. The minimum Gasteiger partial charge on any atom is -0.465 e. The highest BCUT2D eigenvalue weighted by molar-refractivity contribution is 5.95. The molecule has 0 aliphatic heterocycles. The first-order chi connectivity index (χ1) is 9.60. The summed E-state index contributed by atoms with van der Waals surface area (Å²) in [6, 6.07) is 11.9. The zero-order valence-corrected chi connectivity index (χ0v) is 11.4. The van der Waals surface area contributed by atoms with E-state index in [1.807, 2.05) is 31.2 Å². The number of ether oxygens (including phenoxy) is 1. The minimum absolute atomic E-state index is 0.321. The molecule has 20 heavy (non-hydrogen) atoms. The number of aryl methyl sites for hydroxylation is 1. The van der Waals surface area contributed by atoms with Crippen LogP contribution in [0.4, 0.5) is 10.1 Å². The summed E-state index contributed by atoms with van der Waals surface area (Å²) < 4.78 is 18.0. The predicted octanol–water partition coefficient (Wildman–Crippen LogP) is 3.53. The third-order valence-corrected chi connectivity index (χ3v) is 2.95. The van der Waals surface area contributed by atoms with Crippen molar-refractivity contribution in [1.82, 2.24) is 0 Å². The Morgan fingerprint density at radius 1 is 1.25 bits per heavy atom. The maximum absolute atomic E-state index is 13.3. The van der Waals surface area contributed by atoms with Crippen LogP contribution in [-0.2, 0) is 11.3 Å². The first kappa shape index (κ1) is 14.1. The molecular formula is C16H16FNO2. The van der Waals surface area contributed by atoms with Gasteiger partial charge in [0.15, 0.2) is 0 Å². The Kier molecular flexibility index (Phi) is 4.35. The molecule has 0 bridgehead atoms. The molecule has 2 aromatic carbocycles. The van der Waals surface area contributed by atoms with Gasteiger partial charge < -0.3 is 10.1 Å². The third-order valence-electron chi connectivity index (χ3n) is 2.95. The van der Waals surface area contributed by atoms with Crippen molar-refractivity contribution in [3.05, 3.63) is 65.0 Å². The summed E-state index contributed by atoms with van der Waals surface area (Å²) in [5.74, 6) is -0.888. The number of esters is 1. The molecule has 2 rings (SSSR count). The number of rotatable bonds is 4. The Labute approximate surface area is 117 Å². The van der Waals surface area contributed by atoms with Crippen LogP contribution in [-0.4, -0.2) is 13.1 Å². The molecule has 0 spiro atoms. The highest BCUT2D eigenvalue weighted by atomic mass is 19.1. The lowest BCUT2D eigenvalue weighted by molar-refractivity contribution is 0.0602. The van der Waals surface area contributed by atoms with E-state index in [1.165, 1.54) is 25.3 Å². The van der Waals surface area contributed by atoms with Crippen LogP contribution >= 0.6 is 0 Å². The summed E-state index contributed by atoms with van der Waals surface area (Å²) in [6.07, 6.45) is 0. The lowest BCUT2D eigenvalue weighted by atomic mass is 10.1. The van der Waals surface area contributed by atoms with Gasteiger partial charge in [-0.1, -0.05) is 29.8 Å². The van der Waals surface area contributed by atoms with E-state index >= 15 is 0 Å². The predicted molar refractivity (Wildman–Crippen MR) is 76.2 cm³/mol. The zero-order chi connectivity index (χ0) is 14.5. The second-order valence-corrected chi connectivity index (χ2v) is 4.52. The van der Waals surface area contributed by atoms with Gasteiger partial charge in [0.2, 0.25) is 0 Å².